The monoisotopic (exact) mass is 433 g/mol. The van der Waals surface area contributed by atoms with E-state index in [1.54, 1.807) is 11.3 Å². The van der Waals surface area contributed by atoms with Crippen LogP contribution in [0.4, 0.5) is 0 Å². The summed E-state index contributed by atoms with van der Waals surface area (Å²) < 4.78 is 6.52. The normalized spacial score (nSPS) is 20.1. The van der Waals surface area contributed by atoms with Gasteiger partial charge in [-0.3, -0.25) is 9.78 Å². The van der Waals surface area contributed by atoms with E-state index in [0.717, 1.165) is 59.9 Å². The van der Waals surface area contributed by atoms with Gasteiger partial charge < -0.3 is 15.0 Å². The molecule has 1 spiro atoms. The molecule has 0 saturated carbocycles. The van der Waals surface area contributed by atoms with E-state index in [1.165, 1.54) is 0 Å². The Labute approximate surface area is 187 Å². The lowest BCUT2D eigenvalue weighted by Gasteiger charge is -2.46. The third kappa shape index (κ3) is 3.98. The predicted molar refractivity (Wildman–Crippen MR) is 124 cm³/mol. The second-order valence-corrected chi connectivity index (χ2v) is 9.61. The molecule has 5 nitrogen and oxygen atoms in total. The Kier molecular flexibility index (Phi) is 5.28. The Balaban J connectivity index is 1.40. The van der Waals surface area contributed by atoms with Crippen molar-refractivity contribution in [2.24, 2.45) is 0 Å². The molecule has 1 N–H and O–H groups in total. The van der Waals surface area contributed by atoms with Gasteiger partial charge in [-0.25, -0.2) is 0 Å². The van der Waals surface area contributed by atoms with Crippen LogP contribution in [0.25, 0.3) is 10.6 Å². The summed E-state index contributed by atoms with van der Waals surface area (Å²) in [7, 11) is 2.15. The summed E-state index contributed by atoms with van der Waals surface area (Å²) >= 11 is 1.65. The number of nitrogens with zero attached hydrogens (tertiary/aromatic N) is 2. The second kappa shape index (κ2) is 8.09. The number of thiophene rings is 1. The van der Waals surface area contributed by atoms with E-state index in [9.17, 15) is 4.79 Å². The highest BCUT2D eigenvalue weighted by Crippen LogP contribution is 2.44. The Morgan fingerprint density at radius 1 is 1.16 bits per heavy atom. The standard InChI is InChI=1S/C25H27N3O2S/c1-17-18(9-10-20(26-17)23-8-5-15-31-23)24(29)27-21-16-25(11-13-28(2)14-12-25)30-22-7-4-3-6-19(21)22/h3-10,15,21H,11-14,16H2,1-2H3,(H,27,29). The molecule has 2 aliphatic rings. The van der Waals surface area contributed by atoms with Gasteiger partial charge in [0.1, 0.15) is 11.4 Å². The van der Waals surface area contributed by atoms with Gasteiger partial charge in [0.2, 0.25) is 0 Å². The quantitative estimate of drug-likeness (QED) is 0.642. The Bertz CT molecular complexity index is 1090. The lowest BCUT2D eigenvalue weighted by atomic mass is 9.80. The van der Waals surface area contributed by atoms with Gasteiger partial charge >= 0.3 is 0 Å². The molecule has 1 saturated heterocycles. The molecule has 1 fully saturated rings. The first-order chi connectivity index (χ1) is 15.0. The minimum atomic E-state index is -0.213. The number of likely N-dealkylation sites (tertiary alicyclic amines) is 1. The van der Waals surface area contributed by atoms with E-state index in [4.69, 9.17) is 4.74 Å². The number of ether oxygens (including phenoxy) is 1. The Morgan fingerprint density at radius 3 is 2.71 bits per heavy atom. The van der Waals surface area contributed by atoms with Crippen molar-refractivity contribution in [1.29, 1.82) is 0 Å². The number of amides is 1. The number of piperidine rings is 1. The molecule has 0 radical (unpaired) electrons. The third-order valence-corrected chi connectivity index (χ3v) is 7.40. The van der Waals surface area contributed by atoms with Crippen LogP contribution in [0.15, 0.2) is 53.9 Å². The van der Waals surface area contributed by atoms with Crippen LogP contribution in [0.5, 0.6) is 5.75 Å². The maximum absolute atomic E-state index is 13.3. The number of carbonyl (C=O) groups is 1. The van der Waals surface area contributed by atoms with Crippen LogP contribution in [0.3, 0.4) is 0 Å². The minimum Gasteiger partial charge on any atom is -0.487 e. The highest BCUT2D eigenvalue weighted by Gasteiger charge is 2.43. The fourth-order valence-electron chi connectivity index (χ4n) is 4.68. The third-order valence-electron chi connectivity index (χ3n) is 6.50. The number of benzene rings is 1. The fraction of sp³-hybridized carbons (Fsp3) is 0.360. The van der Waals surface area contributed by atoms with Crippen molar-refractivity contribution in [2.45, 2.75) is 37.8 Å². The van der Waals surface area contributed by atoms with E-state index in [0.29, 0.717) is 5.56 Å². The molecule has 2 aromatic heterocycles. The van der Waals surface area contributed by atoms with Crippen molar-refractivity contribution >= 4 is 17.2 Å². The Morgan fingerprint density at radius 2 is 1.97 bits per heavy atom. The van der Waals surface area contributed by atoms with Crippen molar-refractivity contribution in [1.82, 2.24) is 15.2 Å². The highest BCUT2D eigenvalue weighted by atomic mass is 32.1. The number of para-hydroxylation sites is 1. The zero-order valence-corrected chi connectivity index (χ0v) is 18.7. The number of hydrogen-bond donors (Lipinski definition) is 1. The van der Waals surface area contributed by atoms with Gasteiger partial charge in [-0.1, -0.05) is 24.3 Å². The molecule has 1 aromatic carbocycles. The van der Waals surface area contributed by atoms with Crippen LogP contribution in [0.2, 0.25) is 0 Å². The van der Waals surface area contributed by atoms with E-state index < -0.39 is 0 Å². The summed E-state index contributed by atoms with van der Waals surface area (Å²) in [5, 5.41) is 5.34. The molecular weight excluding hydrogens is 406 g/mol. The van der Waals surface area contributed by atoms with Gasteiger partial charge in [0, 0.05) is 25.1 Å². The molecule has 4 heterocycles. The zero-order valence-electron chi connectivity index (χ0n) is 17.9. The van der Waals surface area contributed by atoms with Crippen LogP contribution in [0, 0.1) is 6.92 Å². The summed E-state index contributed by atoms with van der Waals surface area (Å²) in [6.07, 6.45) is 2.74. The summed E-state index contributed by atoms with van der Waals surface area (Å²) in [6, 6.07) is 15.9. The molecule has 6 heteroatoms. The first-order valence-corrected chi connectivity index (χ1v) is 11.7. The molecule has 1 amide bonds. The maximum Gasteiger partial charge on any atom is 0.253 e. The summed E-state index contributed by atoms with van der Waals surface area (Å²) in [5.74, 6) is 0.819. The summed E-state index contributed by atoms with van der Waals surface area (Å²) in [4.78, 5) is 21.4. The molecule has 31 heavy (non-hydrogen) atoms. The highest BCUT2D eigenvalue weighted by molar-refractivity contribution is 7.13. The van der Waals surface area contributed by atoms with Gasteiger partial charge in [-0.15, -0.1) is 11.3 Å². The van der Waals surface area contributed by atoms with Crippen molar-refractivity contribution in [3.8, 4) is 16.3 Å². The van der Waals surface area contributed by atoms with E-state index in [-0.39, 0.29) is 17.6 Å². The van der Waals surface area contributed by atoms with E-state index in [2.05, 4.69) is 28.3 Å². The largest absolute Gasteiger partial charge is 0.487 e. The number of hydrogen-bond acceptors (Lipinski definition) is 5. The zero-order chi connectivity index (χ0) is 21.4. The Hall–Kier alpha value is -2.70. The van der Waals surface area contributed by atoms with Crippen LogP contribution in [0.1, 0.15) is 46.9 Å². The summed E-state index contributed by atoms with van der Waals surface area (Å²) in [5.41, 5.74) is 3.13. The number of pyridine rings is 1. The van der Waals surface area contributed by atoms with Crippen molar-refractivity contribution in [3.63, 3.8) is 0 Å². The lowest BCUT2D eigenvalue weighted by molar-refractivity contribution is -0.0195. The fourth-order valence-corrected chi connectivity index (χ4v) is 5.37. The topological polar surface area (TPSA) is 54.5 Å². The van der Waals surface area contributed by atoms with Crippen LogP contribution in [-0.2, 0) is 0 Å². The first-order valence-electron chi connectivity index (χ1n) is 10.8. The molecule has 0 aliphatic carbocycles. The minimum absolute atomic E-state index is 0.0720. The maximum atomic E-state index is 13.3. The van der Waals surface area contributed by atoms with E-state index in [1.807, 2.05) is 54.8 Å². The average Bonchev–Trinajstić information content (AvgIpc) is 3.31. The number of aryl methyl sites for hydroxylation is 1. The van der Waals surface area contributed by atoms with Gasteiger partial charge in [0.05, 0.1) is 27.9 Å². The number of rotatable bonds is 3. The number of nitrogens with one attached hydrogen (secondary N) is 1. The van der Waals surface area contributed by atoms with Crippen molar-refractivity contribution in [2.75, 3.05) is 20.1 Å². The first kappa shape index (κ1) is 20.2. The van der Waals surface area contributed by atoms with Gasteiger partial charge in [-0.2, -0.15) is 0 Å². The SMILES string of the molecule is Cc1nc(-c2cccs2)ccc1C(=O)NC1CC2(CCN(C)CC2)Oc2ccccc21. The summed E-state index contributed by atoms with van der Waals surface area (Å²) in [6.45, 7) is 3.93. The van der Waals surface area contributed by atoms with Crippen LogP contribution < -0.4 is 10.1 Å². The van der Waals surface area contributed by atoms with E-state index >= 15 is 0 Å². The molecule has 1 atom stereocenters. The number of carbonyl (C=O) groups excluding carboxylic acids is 1. The van der Waals surface area contributed by atoms with Crippen molar-refractivity contribution in [3.05, 3.63) is 70.7 Å². The molecule has 1 unspecified atom stereocenters. The van der Waals surface area contributed by atoms with Gasteiger partial charge in [0.25, 0.3) is 5.91 Å². The molecule has 0 bridgehead atoms. The predicted octanol–water partition coefficient (Wildman–Crippen LogP) is 4.84. The van der Waals surface area contributed by atoms with Crippen LogP contribution in [-0.4, -0.2) is 41.5 Å². The van der Waals surface area contributed by atoms with Gasteiger partial charge in [0.15, 0.2) is 0 Å². The average molecular weight is 434 g/mol. The smallest absolute Gasteiger partial charge is 0.253 e. The lowest BCUT2D eigenvalue weighted by Crippen LogP contribution is -2.51. The van der Waals surface area contributed by atoms with Crippen molar-refractivity contribution < 1.29 is 9.53 Å². The number of fused-ring (bicyclic) bond motifs is 1. The molecule has 160 valence electrons. The second-order valence-electron chi connectivity index (χ2n) is 8.66. The van der Waals surface area contributed by atoms with Crippen LogP contribution >= 0.6 is 11.3 Å². The number of aromatic nitrogens is 1. The molecule has 3 aromatic rings. The van der Waals surface area contributed by atoms with Gasteiger partial charge in [-0.05, 0) is 56.5 Å². The molecule has 2 aliphatic heterocycles. The molecular formula is C25H27N3O2S. The molecule has 5 rings (SSSR count).